The lowest BCUT2D eigenvalue weighted by atomic mass is 10.2. The minimum absolute atomic E-state index is 0.265. The summed E-state index contributed by atoms with van der Waals surface area (Å²) in [6.45, 7) is 1.77. The van der Waals surface area contributed by atoms with Crippen molar-refractivity contribution in [3.8, 4) is 5.88 Å². The summed E-state index contributed by atoms with van der Waals surface area (Å²) in [5.74, 6) is 0.558. The monoisotopic (exact) mass is 353 g/mol. The predicted molar refractivity (Wildman–Crippen MR) is 102 cm³/mol. The van der Waals surface area contributed by atoms with Gasteiger partial charge >= 0.3 is 6.03 Å². The molecule has 0 atom stereocenters. The molecule has 0 fully saturated rings. The van der Waals surface area contributed by atoms with Crippen molar-refractivity contribution in [2.24, 2.45) is 0 Å². The molecule has 0 radical (unpaired) electrons. The highest BCUT2D eigenvalue weighted by atomic mass is 16.5. The van der Waals surface area contributed by atoms with Crippen LogP contribution in [-0.2, 0) is 6.54 Å². The zero-order valence-corrected chi connectivity index (χ0v) is 15.0. The van der Waals surface area contributed by atoms with Crippen LogP contribution in [0.25, 0.3) is 10.9 Å². The Morgan fingerprint density at radius 1 is 1.27 bits per heavy atom. The number of carbonyl (C=O) groups excluding carboxylic acids is 1. The van der Waals surface area contributed by atoms with Crippen LogP contribution in [0.5, 0.6) is 5.88 Å². The summed E-state index contributed by atoms with van der Waals surface area (Å²) in [5.41, 5.74) is 2.57. The molecule has 2 heterocycles. The van der Waals surface area contributed by atoms with Crippen LogP contribution in [0.1, 0.15) is 5.56 Å². The number of hydrogen-bond acceptors (Lipinski definition) is 4. The zero-order valence-electron chi connectivity index (χ0n) is 15.0. The molecule has 3 rings (SSSR count). The van der Waals surface area contributed by atoms with Crippen LogP contribution < -0.4 is 15.4 Å². The van der Waals surface area contributed by atoms with E-state index in [2.05, 4.69) is 20.6 Å². The van der Waals surface area contributed by atoms with Crippen molar-refractivity contribution in [3.63, 3.8) is 0 Å². The van der Waals surface area contributed by atoms with Crippen molar-refractivity contribution in [2.45, 2.75) is 6.54 Å². The van der Waals surface area contributed by atoms with Crippen LogP contribution in [0.4, 0.5) is 10.5 Å². The number of aromatic nitrogens is 2. The fourth-order valence-corrected chi connectivity index (χ4v) is 2.51. The Morgan fingerprint density at radius 2 is 2.15 bits per heavy atom. The van der Waals surface area contributed by atoms with Crippen LogP contribution in [0, 0.1) is 0 Å². The largest absolute Gasteiger partial charge is 0.476 e. The number of anilines is 1. The maximum Gasteiger partial charge on any atom is 0.319 e. The second-order valence-electron chi connectivity index (χ2n) is 6.21. The summed E-state index contributed by atoms with van der Waals surface area (Å²) in [6.07, 6.45) is 3.53. The average molecular weight is 353 g/mol. The second kappa shape index (κ2) is 8.35. The van der Waals surface area contributed by atoms with Crippen molar-refractivity contribution in [1.29, 1.82) is 0 Å². The number of benzene rings is 1. The van der Waals surface area contributed by atoms with Gasteiger partial charge in [-0.2, -0.15) is 0 Å². The Hall–Kier alpha value is -3.06. The first kappa shape index (κ1) is 17.8. The standard InChI is InChI=1S/C19H23N5O2/c1-24(2)10-11-26-17-12-14(6-8-20-17)13-22-19(25)23-16-5-3-4-15-7-9-21-18(15)16/h3-9,12,21H,10-11,13H2,1-2H3,(H2,22,23,25). The molecule has 0 saturated carbocycles. The van der Waals surface area contributed by atoms with Gasteiger partial charge in [0.15, 0.2) is 0 Å². The molecule has 0 aliphatic rings. The maximum atomic E-state index is 12.2. The minimum atomic E-state index is -0.265. The number of urea groups is 1. The highest BCUT2D eigenvalue weighted by Gasteiger charge is 2.07. The number of ether oxygens (including phenoxy) is 1. The minimum Gasteiger partial charge on any atom is -0.476 e. The SMILES string of the molecule is CN(C)CCOc1cc(CNC(=O)Nc2cccc3cc[nH]c23)ccn1. The molecule has 136 valence electrons. The lowest BCUT2D eigenvalue weighted by molar-refractivity contribution is 0.250. The highest BCUT2D eigenvalue weighted by Crippen LogP contribution is 2.21. The van der Waals surface area contributed by atoms with Gasteiger partial charge in [-0.05, 0) is 37.9 Å². The molecule has 0 bridgehead atoms. The summed E-state index contributed by atoms with van der Waals surface area (Å²) in [7, 11) is 3.98. The van der Waals surface area contributed by atoms with Crippen LogP contribution in [0.15, 0.2) is 48.8 Å². The number of H-pyrrole nitrogens is 1. The molecule has 0 spiro atoms. The van der Waals surface area contributed by atoms with E-state index in [1.165, 1.54) is 0 Å². The molecule has 0 aliphatic carbocycles. The summed E-state index contributed by atoms with van der Waals surface area (Å²) >= 11 is 0. The van der Waals surface area contributed by atoms with Gasteiger partial charge in [0.2, 0.25) is 5.88 Å². The highest BCUT2D eigenvalue weighted by molar-refractivity contribution is 5.99. The molecule has 2 amide bonds. The number of nitrogens with zero attached hydrogens (tertiary/aromatic N) is 2. The summed E-state index contributed by atoms with van der Waals surface area (Å²) < 4.78 is 5.61. The third kappa shape index (κ3) is 4.73. The van der Waals surface area contributed by atoms with Gasteiger partial charge in [0, 0.05) is 36.9 Å². The van der Waals surface area contributed by atoms with Gasteiger partial charge < -0.3 is 25.3 Å². The van der Waals surface area contributed by atoms with E-state index in [9.17, 15) is 4.79 Å². The molecule has 26 heavy (non-hydrogen) atoms. The molecular weight excluding hydrogens is 330 g/mol. The molecule has 3 N–H and O–H groups in total. The zero-order chi connectivity index (χ0) is 18.4. The lowest BCUT2D eigenvalue weighted by Crippen LogP contribution is -2.28. The van der Waals surface area contributed by atoms with Crippen LogP contribution in [0.3, 0.4) is 0 Å². The smallest absolute Gasteiger partial charge is 0.319 e. The Labute approximate surface area is 152 Å². The van der Waals surface area contributed by atoms with Crippen molar-refractivity contribution in [3.05, 3.63) is 54.4 Å². The molecule has 7 heteroatoms. The summed E-state index contributed by atoms with van der Waals surface area (Å²) in [5, 5.41) is 6.77. The first-order valence-electron chi connectivity index (χ1n) is 8.45. The van der Waals surface area contributed by atoms with Gasteiger partial charge in [-0.25, -0.2) is 9.78 Å². The van der Waals surface area contributed by atoms with Crippen molar-refractivity contribution in [2.75, 3.05) is 32.6 Å². The quantitative estimate of drug-likeness (QED) is 0.610. The third-order valence-electron chi connectivity index (χ3n) is 3.88. The number of carbonyl (C=O) groups is 1. The van der Waals surface area contributed by atoms with E-state index in [1.807, 2.05) is 61.6 Å². The van der Waals surface area contributed by atoms with E-state index < -0.39 is 0 Å². The number of likely N-dealkylation sites (N-methyl/N-ethyl adjacent to an activating group) is 1. The molecular formula is C19H23N5O2. The fraction of sp³-hybridized carbons (Fsp3) is 0.263. The molecule has 1 aromatic carbocycles. The first-order chi connectivity index (χ1) is 12.6. The molecule has 7 nitrogen and oxygen atoms in total. The Balaban J connectivity index is 1.53. The number of pyridine rings is 1. The molecule has 3 aromatic rings. The van der Waals surface area contributed by atoms with Gasteiger partial charge in [0.05, 0.1) is 11.2 Å². The summed E-state index contributed by atoms with van der Waals surface area (Å²) in [6, 6.07) is 11.1. The van der Waals surface area contributed by atoms with Crippen LogP contribution in [0.2, 0.25) is 0 Å². The molecule has 0 aliphatic heterocycles. The Kier molecular flexibility index (Phi) is 5.70. The van der Waals surface area contributed by atoms with Gasteiger partial charge in [-0.3, -0.25) is 0 Å². The normalized spacial score (nSPS) is 10.9. The number of fused-ring (bicyclic) bond motifs is 1. The van der Waals surface area contributed by atoms with E-state index in [0.29, 0.717) is 19.0 Å². The van der Waals surface area contributed by atoms with Gasteiger partial charge in [-0.1, -0.05) is 12.1 Å². The van der Waals surface area contributed by atoms with Gasteiger partial charge in [0.1, 0.15) is 6.61 Å². The van der Waals surface area contributed by atoms with Gasteiger partial charge in [-0.15, -0.1) is 0 Å². The Bertz CT molecular complexity index is 875. The number of aromatic amines is 1. The van der Waals surface area contributed by atoms with Crippen molar-refractivity contribution < 1.29 is 9.53 Å². The third-order valence-corrected chi connectivity index (χ3v) is 3.88. The van der Waals surface area contributed by atoms with Crippen molar-refractivity contribution >= 4 is 22.6 Å². The van der Waals surface area contributed by atoms with E-state index in [0.717, 1.165) is 28.7 Å². The number of nitrogens with one attached hydrogen (secondary N) is 3. The maximum absolute atomic E-state index is 12.2. The van der Waals surface area contributed by atoms with Crippen LogP contribution in [-0.4, -0.2) is 48.1 Å². The van der Waals surface area contributed by atoms with E-state index in [1.54, 1.807) is 6.20 Å². The lowest BCUT2D eigenvalue weighted by Gasteiger charge is -2.11. The Morgan fingerprint density at radius 3 is 3.00 bits per heavy atom. The van der Waals surface area contributed by atoms with Crippen molar-refractivity contribution in [1.82, 2.24) is 20.2 Å². The predicted octanol–water partition coefficient (Wildman–Crippen LogP) is 2.83. The van der Waals surface area contributed by atoms with E-state index in [4.69, 9.17) is 4.74 Å². The van der Waals surface area contributed by atoms with Crippen LogP contribution >= 0.6 is 0 Å². The number of rotatable bonds is 7. The van der Waals surface area contributed by atoms with E-state index >= 15 is 0 Å². The molecule has 0 saturated heterocycles. The van der Waals surface area contributed by atoms with E-state index in [-0.39, 0.29) is 6.03 Å². The number of para-hydroxylation sites is 1. The summed E-state index contributed by atoms with van der Waals surface area (Å²) in [4.78, 5) is 21.6. The number of hydrogen-bond donors (Lipinski definition) is 3. The first-order valence-corrected chi connectivity index (χ1v) is 8.45. The topological polar surface area (TPSA) is 82.3 Å². The van der Waals surface area contributed by atoms with Gasteiger partial charge in [0.25, 0.3) is 0 Å². The average Bonchev–Trinajstić information content (AvgIpc) is 3.10. The number of amides is 2. The second-order valence-corrected chi connectivity index (χ2v) is 6.21. The molecule has 0 unspecified atom stereocenters. The molecule has 2 aromatic heterocycles. The fourth-order valence-electron chi connectivity index (χ4n) is 2.51.